The van der Waals surface area contributed by atoms with Gasteiger partial charge in [-0.3, -0.25) is 4.79 Å². The molecule has 0 bridgehead atoms. The third-order valence-electron chi connectivity index (χ3n) is 4.18. The van der Waals surface area contributed by atoms with Gasteiger partial charge in [-0.25, -0.2) is 0 Å². The highest BCUT2D eigenvalue weighted by Crippen LogP contribution is 2.33. The van der Waals surface area contributed by atoms with Gasteiger partial charge in [0.2, 0.25) is 0 Å². The number of nitrogens with two attached hydrogens (primary N) is 1. The summed E-state index contributed by atoms with van der Waals surface area (Å²) in [5.41, 5.74) is -0.103. The SMILES string of the molecule is CC(C)(C)NC(=O)[C@@H]1C[C@H]2CCCC[C@@H]2C[NH2+]1. The zero-order chi connectivity index (χ0) is 12.5. The fourth-order valence-electron chi connectivity index (χ4n) is 3.34. The Morgan fingerprint density at radius 2 is 1.82 bits per heavy atom. The minimum atomic E-state index is -0.103. The third kappa shape index (κ3) is 3.44. The van der Waals surface area contributed by atoms with E-state index in [9.17, 15) is 4.79 Å². The van der Waals surface area contributed by atoms with E-state index in [-0.39, 0.29) is 17.5 Å². The van der Waals surface area contributed by atoms with E-state index in [1.54, 1.807) is 0 Å². The van der Waals surface area contributed by atoms with Crippen molar-refractivity contribution in [1.82, 2.24) is 5.32 Å². The van der Waals surface area contributed by atoms with Crippen molar-refractivity contribution in [3.8, 4) is 0 Å². The van der Waals surface area contributed by atoms with E-state index in [0.717, 1.165) is 24.8 Å². The molecule has 3 heteroatoms. The molecule has 0 aromatic rings. The van der Waals surface area contributed by atoms with Crippen molar-refractivity contribution in [2.24, 2.45) is 11.8 Å². The van der Waals surface area contributed by atoms with Gasteiger partial charge in [-0.15, -0.1) is 0 Å². The molecule has 1 saturated carbocycles. The van der Waals surface area contributed by atoms with Crippen LogP contribution in [0.2, 0.25) is 0 Å². The Balaban J connectivity index is 1.89. The lowest BCUT2D eigenvalue weighted by Gasteiger charge is -2.37. The number of carbonyl (C=O) groups excluding carboxylic acids is 1. The first kappa shape index (κ1) is 12.9. The van der Waals surface area contributed by atoms with Gasteiger partial charge in [0.25, 0.3) is 5.91 Å². The first-order valence-electron chi connectivity index (χ1n) is 7.11. The fraction of sp³-hybridized carbons (Fsp3) is 0.929. The van der Waals surface area contributed by atoms with E-state index in [2.05, 4.69) is 31.4 Å². The van der Waals surface area contributed by atoms with Gasteiger partial charge >= 0.3 is 0 Å². The van der Waals surface area contributed by atoms with Crippen LogP contribution >= 0.6 is 0 Å². The normalized spacial score (nSPS) is 33.9. The van der Waals surface area contributed by atoms with E-state index >= 15 is 0 Å². The highest BCUT2D eigenvalue weighted by Gasteiger charge is 2.38. The Morgan fingerprint density at radius 1 is 1.18 bits per heavy atom. The Kier molecular flexibility index (Phi) is 3.76. The maximum atomic E-state index is 12.1. The van der Waals surface area contributed by atoms with E-state index in [1.165, 1.54) is 25.7 Å². The minimum absolute atomic E-state index is 0.103. The fourth-order valence-corrected chi connectivity index (χ4v) is 3.34. The predicted octanol–water partition coefficient (Wildman–Crippen LogP) is 1.04. The summed E-state index contributed by atoms with van der Waals surface area (Å²) >= 11 is 0. The quantitative estimate of drug-likeness (QED) is 0.706. The molecule has 1 heterocycles. The van der Waals surface area contributed by atoms with E-state index < -0.39 is 0 Å². The maximum Gasteiger partial charge on any atom is 0.278 e. The molecule has 0 aromatic carbocycles. The molecule has 3 N–H and O–H groups in total. The number of amides is 1. The predicted molar refractivity (Wildman–Crippen MR) is 68.5 cm³/mol. The van der Waals surface area contributed by atoms with E-state index in [1.807, 2.05) is 0 Å². The van der Waals surface area contributed by atoms with Crippen molar-refractivity contribution in [3.63, 3.8) is 0 Å². The molecule has 3 atom stereocenters. The molecule has 17 heavy (non-hydrogen) atoms. The van der Waals surface area contributed by atoms with Gasteiger partial charge in [0.1, 0.15) is 0 Å². The molecule has 3 nitrogen and oxygen atoms in total. The molecule has 2 aliphatic rings. The summed E-state index contributed by atoms with van der Waals surface area (Å²) in [6.07, 6.45) is 6.59. The molecule has 1 saturated heterocycles. The third-order valence-corrected chi connectivity index (χ3v) is 4.18. The lowest BCUT2D eigenvalue weighted by molar-refractivity contribution is -0.694. The van der Waals surface area contributed by atoms with Crippen LogP contribution in [-0.4, -0.2) is 24.0 Å². The summed E-state index contributed by atoms with van der Waals surface area (Å²) in [5, 5.41) is 5.39. The summed E-state index contributed by atoms with van der Waals surface area (Å²) in [6.45, 7) is 7.32. The maximum absolute atomic E-state index is 12.1. The molecule has 2 rings (SSSR count). The van der Waals surface area contributed by atoms with E-state index in [0.29, 0.717) is 0 Å². The van der Waals surface area contributed by atoms with Crippen LogP contribution in [-0.2, 0) is 4.79 Å². The number of nitrogens with one attached hydrogen (secondary N) is 1. The molecule has 2 fully saturated rings. The highest BCUT2D eigenvalue weighted by molar-refractivity contribution is 5.80. The Bertz CT molecular complexity index is 282. The second-order valence-electron chi connectivity index (χ2n) is 6.86. The second-order valence-corrected chi connectivity index (χ2v) is 6.86. The number of hydrogen-bond acceptors (Lipinski definition) is 1. The van der Waals surface area contributed by atoms with Gasteiger partial charge in [-0.05, 0) is 39.5 Å². The summed E-state index contributed by atoms with van der Waals surface area (Å²) in [7, 11) is 0. The van der Waals surface area contributed by atoms with Crippen LogP contribution in [0.4, 0.5) is 0 Å². The lowest BCUT2D eigenvalue weighted by atomic mass is 9.73. The standard InChI is InChI=1S/C14H26N2O/c1-14(2,3)16-13(17)12-8-10-6-4-5-7-11(10)9-15-12/h10-12,15H,4-9H2,1-3H3,(H,16,17)/p+1/t10-,11-,12+/m1/s1. The van der Waals surface area contributed by atoms with Gasteiger partial charge < -0.3 is 10.6 Å². The minimum Gasteiger partial charge on any atom is -0.346 e. The largest absolute Gasteiger partial charge is 0.346 e. The zero-order valence-corrected chi connectivity index (χ0v) is 11.5. The van der Waals surface area contributed by atoms with Crippen LogP contribution in [0.5, 0.6) is 0 Å². The molecule has 98 valence electrons. The molecule has 0 unspecified atom stereocenters. The van der Waals surface area contributed by atoms with Gasteiger partial charge in [0.15, 0.2) is 6.04 Å². The van der Waals surface area contributed by atoms with Gasteiger partial charge in [0.05, 0.1) is 6.54 Å². The van der Waals surface area contributed by atoms with Crippen molar-refractivity contribution in [1.29, 1.82) is 0 Å². The summed E-state index contributed by atoms with van der Waals surface area (Å²) < 4.78 is 0. The van der Waals surface area contributed by atoms with Crippen LogP contribution in [0.25, 0.3) is 0 Å². The topological polar surface area (TPSA) is 45.7 Å². The number of quaternary nitrogens is 1. The van der Waals surface area contributed by atoms with Crippen molar-refractivity contribution in [3.05, 3.63) is 0 Å². The molecule has 0 spiro atoms. The van der Waals surface area contributed by atoms with Crippen molar-refractivity contribution >= 4 is 5.91 Å². The summed E-state index contributed by atoms with van der Waals surface area (Å²) in [5.74, 6) is 1.92. The smallest absolute Gasteiger partial charge is 0.278 e. The van der Waals surface area contributed by atoms with Crippen LogP contribution in [0, 0.1) is 11.8 Å². The van der Waals surface area contributed by atoms with Crippen LogP contribution in [0.15, 0.2) is 0 Å². The van der Waals surface area contributed by atoms with Crippen LogP contribution in [0.1, 0.15) is 52.9 Å². The average Bonchev–Trinajstić information content (AvgIpc) is 2.26. The lowest BCUT2D eigenvalue weighted by Crippen LogP contribution is -2.96. The monoisotopic (exact) mass is 239 g/mol. The summed E-state index contributed by atoms with van der Waals surface area (Å²) in [6, 6.07) is 0.161. The molecule has 1 amide bonds. The van der Waals surface area contributed by atoms with Crippen molar-refractivity contribution in [2.75, 3.05) is 6.54 Å². The molecule has 0 radical (unpaired) electrons. The van der Waals surface area contributed by atoms with Gasteiger partial charge in [-0.1, -0.05) is 12.8 Å². The Labute approximate surface area is 105 Å². The number of piperidine rings is 1. The van der Waals surface area contributed by atoms with Crippen molar-refractivity contribution in [2.45, 2.75) is 64.5 Å². The molecule has 1 aliphatic carbocycles. The highest BCUT2D eigenvalue weighted by atomic mass is 16.2. The van der Waals surface area contributed by atoms with Crippen LogP contribution in [0.3, 0.4) is 0 Å². The van der Waals surface area contributed by atoms with E-state index in [4.69, 9.17) is 0 Å². The molecule has 1 aliphatic heterocycles. The first-order chi connectivity index (χ1) is 7.96. The number of carbonyl (C=O) groups is 1. The van der Waals surface area contributed by atoms with Crippen LogP contribution < -0.4 is 10.6 Å². The summed E-state index contributed by atoms with van der Waals surface area (Å²) in [4.78, 5) is 12.1. The van der Waals surface area contributed by atoms with Gasteiger partial charge in [-0.2, -0.15) is 0 Å². The first-order valence-corrected chi connectivity index (χ1v) is 7.11. The molecular formula is C14H27N2O+. The van der Waals surface area contributed by atoms with Crippen molar-refractivity contribution < 1.29 is 10.1 Å². The zero-order valence-electron chi connectivity index (χ0n) is 11.5. The number of fused-ring (bicyclic) bond motifs is 1. The number of hydrogen-bond donors (Lipinski definition) is 2. The van der Waals surface area contributed by atoms with Gasteiger partial charge in [0, 0.05) is 17.9 Å². The Hall–Kier alpha value is -0.570. The average molecular weight is 239 g/mol. The molecular weight excluding hydrogens is 212 g/mol. The number of rotatable bonds is 1. The Morgan fingerprint density at radius 3 is 2.47 bits per heavy atom. The molecule has 0 aromatic heterocycles. The second kappa shape index (κ2) is 4.97.